The van der Waals surface area contributed by atoms with Crippen molar-refractivity contribution in [1.29, 1.82) is 0 Å². The van der Waals surface area contributed by atoms with Crippen molar-refractivity contribution in [2.45, 2.75) is 60.1 Å². The second-order valence-electron chi connectivity index (χ2n) is 9.85. The zero-order valence-corrected chi connectivity index (χ0v) is 22.9. The Morgan fingerprint density at radius 3 is 2.69 bits per heavy atom. The minimum Gasteiger partial charge on any atom is -0.446 e. The van der Waals surface area contributed by atoms with Gasteiger partial charge < -0.3 is 14.0 Å². The number of aryl methyl sites for hydroxylation is 2. The van der Waals surface area contributed by atoms with E-state index in [1.165, 1.54) is 22.2 Å². The van der Waals surface area contributed by atoms with Crippen LogP contribution in [0.3, 0.4) is 0 Å². The lowest BCUT2D eigenvalue weighted by molar-refractivity contribution is 0.116. The van der Waals surface area contributed by atoms with E-state index in [-0.39, 0.29) is 11.5 Å². The number of terminal acetylenes is 1. The molecular formula is C30H35N3O2S. The van der Waals surface area contributed by atoms with E-state index in [0.29, 0.717) is 6.61 Å². The highest BCUT2D eigenvalue weighted by atomic mass is 32.1. The Morgan fingerprint density at radius 2 is 2.03 bits per heavy atom. The monoisotopic (exact) mass is 501 g/mol. The molecule has 0 amide bonds. The van der Waals surface area contributed by atoms with E-state index in [9.17, 15) is 0 Å². The molecular weight excluding hydrogens is 466 g/mol. The molecule has 3 heterocycles. The van der Waals surface area contributed by atoms with Gasteiger partial charge in [-0.15, -0.1) is 11.3 Å². The van der Waals surface area contributed by atoms with Crippen molar-refractivity contribution in [3.8, 4) is 35.0 Å². The van der Waals surface area contributed by atoms with Crippen LogP contribution in [0.15, 0.2) is 41.9 Å². The normalized spacial score (nSPS) is 12.6. The maximum Gasteiger partial charge on any atom is 0.106 e. The van der Waals surface area contributed by atoms with E-state index >= 15 is 0 Å². The Labute approximate surface area is 218 Å². The summed E-state index contributed by atoms with van der Waals surface area (Å²) in [4.78, 5) is 9.59. The van der Waals surface area contributed by atoms with Crippen LogP contribution in [0.1, 0.15) is 57.0 Å². The van der Waals surface area contributed by atoms with Crippen molar-refractivity contribution in [3.05, 3.63) is 58.2 Å². The first-order chi connectivity index (χ1) is 17.3. The Morgan fingerprint density at radius 1 is 1.22 bits per heavy atom. The summed E-state index contributed by atoms with van der Waals surface area (Å²) in [7, 11) is 1.73. The van der Waals surface area contributed by atoms with Gasteiger partial charge in [0.1, 0.15) is 12.7 Å². The molecule has 5 nitrogen and oxygen atoms in total. The van der Waals surface area contributed by atoms with Crippen molar-refractivity contribution in [2.24, 2.45) is 5.41 Å². The van der Waals surface area contributed by atoms with Crippen LogP contribution in [0.4, 0.5) is 0 Å². The van der Waals surface area contributed by atoms with Gasteiger partial charge >= 0.3 is 0 Å². The number of methoxy groups -OCH3 is 1. The van der Waals surface area contributed by atoms with Gasteiger partial charge in [-0.05, 0) is 56.5 Å². The zero-order chi connectivity index (χ0) is 25.9. The molecule has 6 heteroatoms. The Bertz CT molecular complexity index is 1390. The minimum atomic E-state index is -0.171. The molecule has 4 rings (SSSR count). The molecule has 1 unspecified atom stereocenters. The molecule has 0 aliphatic rings. The maximum atomic E-state index is 5.71. The van der Waals surface area contributed by atoms with Crippen molar-refractivity contribution in [3.63, 3.8) is 0 Å². The Hall–Kier alpha value is -3.14. The summed E-state index contributed by atoms with van der Waals surface area (Å²) in [5.74, 6) is 0. The average molecular weight is 502 g/mol. The van der Waals surface area contributed by atoms with Crippen LogP contribution in [0, 0.1) is 17.9 Å². The summed E-state index contributed by atoms with van der Waals surface area (Å²) in [5, 5.41) is 4.53. The summed E-state index contributed by atoms with van der Waals surface area (Å²) < 4.78 is 13.5. The number of hydrogen-bond acceptors (Lipinski definition) is 5. The molecule has 36 heavy (non-hydrogen) atoms. The summed E-state index contributed by atoms with van der Waals surface area (Å²) in [6.45, 7) is 12.1. The van der Waals surface area contributed by atoms with Crippen LogP contribution in [0.2, 0.25) is 0 Å². The third kappa shape index (κ3) is 5.04. The molecule has 0 N–H and O–H groups in total. The number of thiazole rings is 1. The van der Waals surface area contributed by atoms with E-state index in [0.717, 1.165) is 46.9 Å². The highest BCUT2D eigenvalue weighted by molar-refractivity contribution is 7.09. The molecule has 0 radical (unpaired) electrons. The molecule has 0 aliphatic carbocycles. The van der Waals surface area contributed by atoms with Gasteiger partial charge in [0.15, 0.2) is 0 Å². The molecule has 0 saturated carbocycles. The highest BCUT2D eigenvalue weighted by Crippen LogP contribution is 2.41. The van der Waals surface area contributed by atoms with Crippen LogP contribution >= 0.6 is 11.3 Å². The first-order valence-corrected chi connectivity index (χ1v) is 13.4. The molecule has 0 spiro atoms. The lowest BCUT2D eigenvalue weighted by Gasteiger charge is -2.24. The standard InChI is InChI=1S/C30H35N3O2S/c1-8-27-32-25(18-36-27)21-13-14-26-23(16-21)24(17-30(5,6)19-35-10-3)29(33(26)9-2)22-12-11-15-31-28(22)20(4)34-7/h3,11-16,18,20H,8-9,17,19H2,1-2,4-7H3. The lowest BCUT2D eigenvalue weighted by Crippen LogP contribution is -2.21. The average Bonchev–Trinajstić information content (AvgIpc) is 3.49. The van der Waals surface area contributed by atoms with E-state index in [1.54, 1.807) is 18.4 Å². The van der Waals surface area contributed by atoms with Crippen molar-refractivity contribution in [2.75, 3.05) is 13.7 Å². The molecule has 4 aromatic rings. The SMILES string of the molecule is C#COCC(C)(C)Cc1c(-c2cccnc2C(C)OC)n(CC)c2ccc(-c3csc(CC)n3)cc12. The number of fused-ring (bicyclic) bond motifs is 1. The van der Waals surface area contributed by atoms with Crippen molar-refractivity contribution >= 4 is 22.2 Å². The Balaban J connectivity index is 2.00. The highest BCUT2D eigenvalue weighted by Gasteiger charge is 2.28. The van der Waals surface area contributed by atoms with Crippen LogP contribution in [0.5, 0.6) is 0 Å². The Kier molecular flexibility index (Phi) is 7.82. The predicted molar refractivity (Wildman–Crippen MR) is 149 cm³/mol. The lowest BCUT2D eigenvalue weighted by atomic mass is 9.84. The molecule has 0 aliphatic heterocycles. The molecule has 1 atom stereocenters. The quantitative estimate of drug-likeness (QED) is 0.214. The third-order valence-corrected chi connectivity index (χ3v) is 7.66. The number of hydrogen-bond donors (Lipinski definition) is 0. The molecule has 0 bridgehead atoms. The summed E-state index contributed by atoms with van der Waals surface area (Å²) in [6, 6.07) is 10.9. The van der Waals surface area contributed by atoms with Gasteiger partial charge in [-0.1, -0.05) is 33.3 Å². The van der Waals surface area contributed by atoms with Crippen molar-refractivity contribution < 1.29 is 9.47 Å². The van der Waals surface area contributed by atoms with Gasteiger partial charge in [0.2, 0.25) is 0 Å². The maximum absolute atomic E-state index is 5.71. The first-order valence-electron chi connectivity index (χ1n) is 12.5. The second kappa shape index (κ2) is 10.9. The van der Waals surface area contributed by atoms with Gasteiger partial charge in [-0.25, -0.2) is 4.98 Å². The topological polar surface area (TPSA) is 49.2 Å². The summed E-state index contributed by atoms with van der Waals surface area (Å²) in [6.07, 6.45) is 11.2. The van der Waals surface area contributed by atoms with Gasteiger partial charge in [0.05, 0.1) is 28.2 Å². The summed E-state index contributed by atoms with van der Waals surface area (Å²) >= 11 is 1.72. The zero-order valence-electron chi connectivity index (χ0n) is 22.1. The minimum absolute atomic E-state index is 0.131. The number of aromatic nitrogens is 3. The van der Waals surface area contributed by atoms with Crippen LogP contribution in [0.25, 0.3) is 33.4 Å². The number of nitrogens with zero attached hydrogens (tertiary/aromatic N) is 3. The largest absolute Gasteiger partial charge is 0.446 e. The summed E-state index contributed by atoms with van der Waals surface area (Å²) in [5.41, 5.74) is 7.66. The van der Waals surface area contributed by atoms with E-state index in [1.807, 2.05) is 19.2 Å². The van der Waals surface area contributed by atoms with E-state index in [4.69, 9.17) is 25.9 Å². The molecule has 3 aromatic heterocycles. The van der Waals surface area contributed by atoms with E-state index in [2.05, 4.69) is 68.0 Å². The molecule has 0 fully saturated rings. The van der Waals surface area contributed by atoms with Crippen LogP contribution in [-0.4, -0.2) is 28.3 Å². The third-order valence-electron chi connectivity index (χ3n) is 6.67. The van der Waals surface area contributed by atoms with E-state index < -0.39 is 0 Å². The fourth-order valence-electron chi connectivity index (χ4n) is 4.82. The van der Waals surface area contributed by atoms with Crippen LogP contribution in [-0.2, 0) is 28.9 Å². The number of benzene rings is 1. The molecule has 188 valence electrons. The fourth-order valence-corrected chi connectivity index (χ4v) is 5.58. The number of rotatable bonds is 10. The van der Waals surface area contributed by atoms with Crippen LogP contribution < -0.4 is 0 Å². The first kappa shape index (κ1) is 25.9. The molecule has 0 saturated heterocycles. The van der Waals surface area contributed by atoms with Gasteiger partial charge in [-0.2, -0.15) is 0 Å². The second-order valence-corrected chi connectivity index (χ2v) is 10.8. The molecule has 1 aromatic carbocycles. The van der Waals surface area contributed by atoms with Gasteiger partial charge in [0, 0.05) is 52.7 Å². The fraction of sp³-hybridized carbons (Fsp3) is 0.400. The number of ether oxygens (including phenoxy) is 2. The predicted octanol–water partition coefficient (Wildman–Crippen LogP) is 7.29. The number of pyridine rings is 1. The smallest absolute Gasteiger partial charge is 0.106 e. The van der Waals surface area contributed by atoms with Gasteiger partial charge in [0.25, 0.3) is 0 Å². The van der Waals surface area contributed by atoms with Crippen molar-refractivity contribution in [1.82, 2.24) is 14.5 Å². The van der Waals surface area contributed by atoms with Gasteiger partial charge in [-0.3, -0.25) is 4.98 Å².